The van der Waals surface area contributed by atoms with E-state index in [-0.39, 0.29) is 18.1 Å². The van der Waals surface area contributed by atoms with Gasteiger partial charge in [0, 0.05) is 17.0 Å². The van der Waals surface area contributed by atoms with Crippen molar-refractivity contribution in [2.75, 3.05) is 6.54 Å². The second-order valence-electron chi connectivity index (χ2n) is 4.90. The number of aryl methyl sites for hydroxylation is 2. The lowest BCUT2D eigenvalue weighted by molar-refractivity contribution is -0.120. The summed E-state index contributed by atoms with van der Waals surface area (Å²) in [5.74, 6) is 0.716. The number of rotatable bonds is 6. The summed E-state index contributed by atoms with van der Waals surface area (Å²) in [6, 6.07) is 3.76. The molecule has 2 rings (SSSR count). The van der Waals surface area contributed by atoms with E-state index in [1.165, 1.54) is 11.3 Å². The number of Topliss-reactive ketones (excluding diaryl/α,β-unsaturated/α-hetero) is 1. The molecule has 0 spiro atoms. The number of carbonyl (C=O) groups is 2. The summed E-state index contributed by atoms with van der Waals surface area (Å²) < 4.78 is 5.03. The molecule has 6 heteroatoms. The van der Waals surface area contributed by atoms with Crippen LogP contribution in [-0.2, 0) is 17.6 Å². The molecule has 0 aliphatic rings. The first-order valence-electron chi connectivity index (χ1n) is 6.75. The van der Waals surface area contributed by atoms with E-state index in [1.807, 2.05) is 19.1 Å². The zero-order valence-corrected chi connectivity index (χ0v) is 13.2. The normalized spacial score (nSPS) is 10.6. The molecule has 0 radical (unpaired) electrons. The first-order valence-corrected chi connectivity index (χ1v) is 7.57. The molecule has 5 nitrogen and oxygen atoms in total. The molecule has 0 saturated heterocycles. The molecule has 0 unspecified atom stereocenters. The lowest BCUT2D eigenvalue weighted by Gasteiger charge is -2.04. The second kappa shape index (κ2) is 6.67. The summed E-state index contributed by atoms with van der Waals surface area (Å²) in [6.07, 6.45) is 1.01. The maximum atomic E-state index is 11.9. The van der Waals surface area contributed by atoms with E-state index in [1.54, 1.807) is 13.8 Å². The van der Waals surface area contributed by atoms with Crippen molar-refractivity contribution in [3.05, 3.63) is 38.9 Å². The Hall–Kier alpha value is -1.95. The average Bonchev–Trinajstić information content (AvgIpc) is 3.01. The summed E-state index contributed by atoms with van der Waals surface area (Å²) in [5.41, 5.74) is 1.61. The fourth-order valence-electron chi connectivity index (χ4n) is 2.00. The van der Waals surface area contributed by atoms with Crippen LogP contribution in [0.1, 0.15) is 38.5 Å². The molecule has 0 aliphatic carbocycles. The predicted octanol–water partition coefficient (Wildman–Crippen LogP) is 2.46. The largest absolute Gasteiger partial charge is 0.361 e. The van der Waals surface area contributed by atoms with Crippen molar-refractivity contribution in [3.63, 3.8) is 0 Å². The van der Waals surface area contributed by atoms with Gasteiger partial charge in [-0.1, -0.05) is 5.16 Å². The van der Waals surface area contributed by atoms with Gasteiger partial charge >= 0.3 is 0 Å². The molecule has 2 heterocycles. The van der Waals surface area contributed by atoms with E-state index in [2.05, 4.69) is 10.5 Å². The number of hydrogen-bond acceptors (Lipinski definition) is 5. The van der Waals surface area contributed by atoms with Crippen molar-refractivity contribution >= 4 is 23.0 Å². The van der Waals surface area contributed by atoms with Crippen LogP contribution < -0.4 is 5.32 Å². The van der Waals surface area contributed by atoms with Gasteiger partial charge in [0.05, 0.1) is 17.0 Å². The monoisotopic (exact) mass is 306 g/mol. The van der Waals surface area contributed by atoms with E-state index in [0.29, 0.717) is 12.3 Å². The molecule has 0 bridgehead atoms. The van der Waals surface area contributed by atoms with Crippen molar-refractivity contribution in [1.82, 2.24) is 10.5 Å². The van der Waals surface area contributed by atoms with Crippen LogP contribution in [0.25, 0.3) is 0 Å². The Morgan fingerprint density at radius 3 is 2.67 bits per heavy atom. The molecule has 0 fully saturated rings. The summed E-state index contributed by atoms with van der Waals surface area (Å²) in [5, 5.41) is 6.71. The van der Waals surface area contributed by atoms with Crippen molar-refractivity contribution in [3.8, 4) is 0 Å². The number of hydrogen-bond donors (Lipinski definition) is 1. The molecule has 0 atom stereocenters. The fourth-order valence-corrected chi connectivity index (χ4v) is 2.91. The summed E-state index contributed by atoms with van der Waals surface area (Å²) in [4.78, 5) is 24.9. The first kappa shape index (κ1) is 15.4. The highest BCUT2D eigenvalue weighted by molar-refractivity contribution is 7.14. The minimum Gasteiger partial charge on any atom is -0.361 e. The minimum atomic E-state index is -0.0484. The van der Waals surface area contributed by atoms with Gasteiger partial charge in [-0.05, 0) is 39.3 Å². The van der Waals surface area contributed by atoms with Gasteiger partial charge in [0.1, 0.15) is 5.76 Å². The molecule has 0 aliphatic heterocycles. The highest BCUT2D eigenvalue weighted by Gasteiger charge is 2.13. The Labute approximate surface area is 127 Å². The molecular formula is C15H18N2O3S. The van der Waals surface area contributed by atoms with E-state index in [9.17, 15) is 9.59 Å². The Balaban J connectivity index is 1.80. The number of amides is 1. The van der Waals surface area contributed by atoms with Crippen molar-refractivity contribution < 1.29 is 14.1 Å². The van der Waals surface area contributed by atoms with Gasteiger partial charge in [-0.15, -0.1) is 11.3 Å². The minimum absolute atomic E-state index is 0.0484. The highest BCUT2D eigenvalue weighted by atomic mass is 32.1. The van der Waals surface area contributed by atoms with Gasteiger partial charge in [0.15, 0.2) is 5.78 Å². The van der Waals surface area contributed by atoms with Gasteiger partial charge < -0.3 is 9.84 Å². The molecular weight excluding hydrogens is 288 g/mol. The van der Waals surface area contributed by atoms with E-state index >= 15 is 0 Å². The topological polar surface area (TPSA) is 72.2 Å². The lowest BCUT2D eigenvalue weighted by atomic mass is 10.1. The molecule has 1 amide bonds. The number of thiophene rings is 1. The number of nitrogens with one attached hydrogen (secondary N) is 1. The molecule has 2 aromatic rings. The number of nitrogens with zero attached hydrogens (tertiary/aromatic N) is 1. The van der Waals surface area contributed by atoms with Gasteiger partial charge in [-0.2, -0.15) is 0 Å². The Kier molecular flexibility index (Phi) is 4.90. The van der Waals surface area contributed by atoms with Gasteiger partial charge in [0.2, 0.25) is 5.91 Å². The predicted molar refractivity (Wildman–Crippen MR) is 80.7 cm³/mol. The molecule has 0 aromatic carbocycles. The van der Waals surface area contributed by atoms with Crippen LogP contribution in [0.15, 0.2) is 16.7 Å². The van der Waals surface area contributed by atoms with Gasteiger partial charge in [-0.25, -0.2) is 0 Å². The number of carbonyl (C=O) groups excluding carboxylic acids is 2. The van der Waals surface area contributed by atoms with Crippen LogP contribution in [0.3, 0.4) is 0 Å². The smallest absolute Gasteiger partial charge is 0.224 e. The van der Waals surface area contributed by atoms with Crippen molar-refractivity contribution in [1.29, 1.82) is 0 Å². The van der Waals surface area contributed by atoms with Crippen LogP contribution in [0, 0.1) is 13.8 Å². The van der Waals surface area contributed by atoms with Crippen molar-refractivity contribution in [2.24, 2.45) is 0 Å². The summed E-state index contributed by atoms with van der Waals surface area (Å²) in [7, 11) is 0. The Morgan fingerprint density at radius 2 is 2.10 bits per heavy atom. The fraction of sp³-hybridized carbons (Fsp3) is 0.400. The third kappa shape index (κ3) is 4.01. The van der Waals surface area contributed by atoms with Crippen molar-refractivity contribution in [2.45, 2.75) is 33.6 Å². The molecule has 112 valence electrons. The molecule has 21 heavy (non-hydrogen) atoms. The van der Waals surface area contributed by atoms with Gasteiger partial charge in [-0.3, -0.25) is 9.59 Å². The van der Waals surface area contributed by atoms with E-state index < -0.39 is 0 Å². The maximum absolute atomic E-state index is 11.9. The van der Waals surface area contributed by atoms with Crippen LogP contribution in [-0.4, -0.2) is 23.4 Å². The summed E-state index contributed by atoms with van der Waals surface area (Å²) >= 11 is 1.48. The second-order valence-corrected chi connectivity index (χ2v) is 6.07. The zero-order valence-electron chi connectivity index (χ0n) is 12.4. The van der Waals surface area contributed by atoms with Crippen LogP contribution >= 0.6 is 11.3 Å². The standard InChI is InChI=1S/C15H18N2O3S/c1-9-13(11(3)20-17-9)8-15(19)16-7-6-12-4-5-14(21-12)10(2)18/h4-5H,6-8H2,1-3H3,(H,16,19). The van der Waals surface area contributed by atoms with Crippen LogP contribution in [0.2, 0.25) is 0 Å². The summed E-state index contributed by atoms with van der Waals surface area (Å²) in [6.45, 7) is 5.74. The SMILES string of the molecule is CC(=O)c1ccc(CCNC(=O)Cc2c(C)noc2C)s1. The number of aromatic nitrogens is 1. The molecule has 1 N–H and O–H groups in total. The van der Waals surface area contributed by atoms with E-state index in [4.69, 9.17) is 4.52 Å². The maximum Gasteiger partial charge on any atom is 0.224 e. The van der Waals surface area contributed by atoms with Crippen LogP contribution in [0.4, 0.5) is 0 Å². The third-order valence-electron chi connectivity index (χ3n) is 3.22. The Bertz CT molecular complexity index is 638. The van der Waals surface area contributed by atoms with Crippen LogP contribution in [0.5, 0.6) is 0 Å². The zero-order chi connectivity index (χ0) is 15.4. The average molecular weight is 306 g/mol. The van der Waals surface area contributed by atoms with Gasteiger partial charge in [0.25, 0.3) is 0 Å². The highest BCUT2D eigenvalue weighted by Crippen LogP contribution is 2.17. The first-order chi connectivity index (χ1) is 9.97. The Morgan fingerprint density at radius 1 is 1.33 bits per heavy atom. The van der Waals surface area contributed by atoms with E-state index in [0.717, 1.165) is 27.4 Å². The number of ketones is 1. The molecule has 2 aromatic heterocycles. The molecule has 0 saturated carbocycles. The third-order valence-corrected chi connectivity index (χ3v) is 4.47. The quantitative estimate of drug-likeness (QED) is 0.832. The lowest BCUT2D eigenvalue weighted by Crippen LogP contribution is -2.27.